The van der Waals surface area contributed by atoms with E-state index in [9.17, 15) is 4.79 Å². The lowest BCUT2D eigenvalue weighted by Crippen LogP contribution is -2.32. The third-order valence-electron chi connectivity index (χ3n) is 3.00. The lowest BCUT2D eigenvalue weighted by atomic mass is 10.2. The fourth-order valence-electron chi connectivity index (χ4n) is 1.83. The molecule has 0 spiro atoms. The van der Waals surface area contributed by atoms with Crippen molar-refractivity contribution in [3.8, 4) is 5.75 Å². The van der Waals surface area contributed by atoms with Gasteiger partial charge in [-0.05, 0) is 46.7 Å². The maximum atomic E-state index is 11.9. The van der Waals surface area contributed by atoms with Crippen molar-refractivity contribution in [1.82, 2.24) is 5.32 Å². The van der Waals surface area contributed by atoms with Crippen molar-refractivity contribution in [2.45, 2.75) is 6.10 Å². The molecule has 0 saturated heterocycles. The number of nitrogens with one attached hydrogen (secondary N) is 2. The Balaban J connectivity index is 1.83. The summed E-state index contributed by atoms with van der Waals surface area (Å²) >= 11 is 1.60. The lowest BCUT2D eigenvalue weighted by Gasteiger charge is -2.15. The Bertz CT molecular complexity index is 555. The molecule has 6 heteroatoms. The number of ether oxygens (including phenoxy) is 2. The molecule has 1 unspecified atom stereocenters. The normalized spacial score (nSPS) is 11.7. The SMILES string of the molecule is COc1ccc(NC(=O)NCC(OC)c2ccsc2)cc1. The summed E-state index contributed by atoms with van der Waals surface area (Å²) in [5, 5.41) is 9.55. The van der Waals surface area contributed by atoms with Crippen molar-refractivity contribution in [3.63, 3.8) is 0 Å². The van der Waals surface area contributed by atoms with E-state index < -0.39 is 0 Å². The summed E-state index contributed by atoms with van der Waals surface area (Å²) in [7, 11) is 3.23. The minimum Gasteiger partial charge on any atom is -0.497 e. The van der Waals surface area contributed by atoms with Crippen LogP contribution in [-0.4, -0.2) is 26.8 Å². The van der Waals surface area contributed by atoms with Crippen molar-refractivity contribution in [2.75, 3.05) is 26.1 Å². The van der Waals surface area contributed by atoms with Crippen LogP contribution in [0.2, 0.25) is 0 Å². The first kappa shape index (κ1) is 15.3. The van der Waals surface area contributed by atoms with E-state index in [1.165, 1.54) is 0 Å². The van der Waals surface area contributed by atoms with Crippen LogP contribution in [0.15, 0.2) is 41.1 Å². The number of rotatable bonds is 6. The van der Waals surface area contributed by atoms with E-state index in [4.69, 9.17) is 9.47 Å². The van der Waals surface area contributed by atoms with E-state index in [1.807, 2.05) is 16.8 Å². The fraction of sp³-hybridized carbons (Fsp3) is 0.267. The summed E-state index contributed by atoms with van der Waals surface area (Å²) in [4.78, 5) is 11.9. The van der Waals surface area contributed by atoms with Gasteiger partial charge in [-0.3, -0.25) is 0 Å². The predicted octanol–water partition coefficient (Wildman–Crippen LogP) is 3.27. The minimum atomic E-state index is -0.266. The Hall–Kier alpha value is -2.05. The zero-order valence-corrected chi connectivity index (χ0v) is 12.8. The van der Waals surface area contributed by atoms with E-state index in [1.54, 1.807) is 49.8 Å². The molecule has 2 aromatic rings. The van der Waals surface area contributed by atoms with Gasteiger partial charge in [0, 0.05) is 19.3 Å². The summed E-state index contributed by atoms with van der Waals surface area (Å²) in [5.41, 5.74) is 1.77. The third kappa shape index (κ3) is 4.47. The van der Waals surface area contributed by atoms with Gasteiger partial charge in [0.25, 0.3) is 0 Å². The van der Waals surface area contributed by atoms with Crippen molar-refractivity contribution < 1.29 is 14.3 Å². The number of urea groups is 1. The van der Waals surface area contributed by atoms with E-state index in [0.29, 0.717) is 12.2 Å². The number of benzene rings is 1. The maximum absolute atomic E-state index is 11.9. The molecule has 0 saturated carbocycles. The van der Waals surface area contributed by atoms with Crippen LogP contribution in [0.5, 0.6) is 5.75 Å². The average Bonchev–Trinajstić information content (AvgIpc) is 3.03. The molecule has 1 heterocycles. The van der Waals surface area contributed by atoms with Crippen LogP contribution in [0.3, 0.4) is 0 Å². The Morgan fingerprint density at radius 3 is 2.57 bits per heavy atom. The molecule has 0 aliphatic rings. The molecule has 112 valence electrons. The highest BCUT2D eigenvalue weighted by atomic mass is 32.1. The Labute approximate surface area is 127 Å². The van der Waals surface area contributed by atoms with Crippen LogP contribution in [-0.2, 0) is 4.74 Å². The second kappa shape index (κ2) is 7.66. The summed E-state index contributed by atoms with van der Waals surface area (Å²) in [6, 6.07) is 8.87. The molecule has 0 radical (unpaired) electrons. The molecule has 0 aliphatic heterocycles. The van der Waals surface area contributed by atoms with Gasteiger partial charge in [-0.2, -0.15) is 11.3 Å². The molecule has 0 bridgehead atoms. The highest BCUT2D eigenvalue weighted by molar-refractivity contribution is 7.07. The largest absolute Gasteiger partial charge is 0.497 e. The van der Waals surface area contributed by atoms with E-state index in [-0.39, 0.29) is 12.1 Å². The van der Waals surface area contributed by atoms with Crippen molar-refractivity contribution in [1.29, 1.82) is 0 Å². The molecule has 0 fully saturated rings. The molecule has 21 heavy (non-hydrogen) atoms. The molecule has 2 N–H and O–H groups in total. The van der Waals surface area contributed by atoms with Crippen molar-refractivity contribution in [2.24, 2.45) is 0 Å². The molecule has 2 rings (SSSR count). The number of amides is 2. The Morgan fingerprint density at radius 1 is 1.24 bits per heavy atom. The smallest absolute Gasteiger partial charge is 0.319 e. The zero-order valence-electron chi connectivity index (χ0n) is 12.0. The van der Waals surface area contributed by atoms with Gasteiger partial charge >= 0.3 is 6.03 Å². The molecule has 2 amide bonds. The second-order valence-corrected chi connectivity index (χ2v) is 5.12. The maximum Gasteiger partial charge on any atom is 0.319 e. The average molecular weight is 306 g/mol. The highest BCUT2D eigenvalue weighted by Crippen LogP contribution is 2.19. The van der Waals surface area contributed by atoms with E-state index in [0.717, 1.165) is 11.3 Å². The van der Waals surface area contributed by atoms with Crippen LogP contribution in [0.25, 0.3) is 0 Å². The summed E-state index contributed by atoms with van der Waals surface area (Å²) in [6.07, 6.45) is -0.141. The summed E-state index contributed by atoms with van der Waals surface area (Å²) in [5.74, 6) is 0.748. The third-order valence-corrected chi connectivity index (χ3v) is 3.70. The van der Waals surface area contributed by atoms with Crippen LogP contribution < -0.4 is 15.4 Å². The quantitative estimate of drug-likeness (QED) is 0.861. The Kier molecular flexibility index (Phi) is 5.59. The van der Waals surface area contributed by atoms with Gasteiger partial charge < -0.3 is 20.1 Å². The monoisotopic (exact) mass is 306 g/mol. The topological polar surface area (TPSA) is 59.6 Å². The zero-order chi connectivity index (χ0) is 15.1. The first-order valence-electron chi connectivity index (χ1n) is 6.46. The van der Waals surface area contributed by atoms with Crippen molar-refractivity contribution >= 4 is 23.1 Å². The van der Waals surface area contributed by atoms with Gasteiger partial charge in [0.15, 0.2) is 0 Å². The number of anilines is 1. The predicted molar refractivity (Wildman–Crippen MR) is 84.1 cm³/mol. The standard InChI is InChI=1S/C15H18N2O3S/c1-19-13-5-3-12(4-6-13)17-15(18)16-9-14(20-2)11-7-8-21-10-11/h3-8,10,14H,9H2,1-2H3,(H2,16,17,18). The first-order valence-corrected chi connectivity index (χ1v) is 7.41. The van der Waals surface area contributed by atoms with Crippen molar-refractivity contribution in [3.05, 3.63) is 46.7 Å². The van der Waals surface area contributed by atoms with Gasteiger partial charge in [0.1, 0.15) is 11.9 Å². The summed E-state index contributed by atoms with van der Waals surface area (Å²) < 4.78 is 10.4. The highest BCUT2D eigenvalue weighted by Gasteiger charge is 2.12. The number of hydrogen-bond donors (Lipinski definition) is 2. The van der Waals surface area contributed by atoms with Gasteiger partial charge in [-0.15, -0.1) is 0 Å². The van der Waals surface area contributed by atoms with Gasteiger partial charge in [0.05, 0.1) is 7.11 Å². The molecule has 0 aliphatic carbocycles. The molecular formula is C15H18N2O3S. The number of thiophene rings is 1. The van der Waals surface area contributed by atoms with E-state index in [2.05, 4.69) is 10.6 Å². The van der Waals surface area contributed by atoms with E-state index >= 15 is 0 Å². The van der Waals surface area contributed by atoms with Crippen LogP contribution >= 0.6 is 11.3 Å². The molecule has 1 aromatic carbocycles. The minimum absolute atomic E-state index is 0.141. The Morgan fingerprint density at radius 2 is 2.00 bits per heavy atom. The molecule has 5 nitrogen and oxygen atoms in total. The molecule has 1 aromatic heterocycles. The number of carbonyl (C=O) groups is 1. The number of methoxy groups -OCH3 is 2. The second-order valence-electron chi connectivity index (χ2n) is 4.34. The lowest BCUT2D eigenvalue weighted by molar-refractivity contribution is 0.105. The van der Waals surface area contributed by atoms with Crippen LogP contribution in [0, 0.1) is 0 Å². The molecular weight excluding hydrogens is 288 g/mol. The van der Waals surface area contributed by atoms with Gasteiger partial charge in [0.2, 0.25) is 0 Å². The first-order chi connectivity index (χ1) is 10.2. The number of hydrogen-bond acceptors (Lipinski definition) is 4. The fourth-order valence-corrected chi connectivity index (χ4v) is 2.53. The van der Waals surface area contributed by atoms with Gasteiger partial charge in [-0.25, -0.2) is 4.79 Å². The van der Waals surface area contributed by atoms with Gasteiger partial charge in [-0.1, -0.05) is 0 Å². The van der Waals surface area contributed by atoms with Crippen LogP contribution in [0.1, 0.15) is 11.7 Å². The molecule has 1 atom stereocenters. The summed E-state index contributed by atoms with van der Waals surface area (Å²) in [6.45, 7) is 0.412. The number of carbonyl (C=O) groups excluding carboxylic acids is 1. The van der Waals surface area contributed by atoms with Crippen LogP contribution in [0.4, 0.5) is 10.5 Å².